The van der Waals surface area contributed by atoms with Gasteiger partial charge in [0, 0.05) is 25.1 Å². The first-order chi connectivity index (χ1) is 9.77. The van der Waals surface area contributed by atoms with Crippen molar-refractivity contribution in [2.75, 3.05) is 13.2 Å². The number of hydrogen-bond acceptors (Lipinski definition) is 3. The van der Waals surface area contributed by atoms with Gasteiger partial charge in [-0.2, -0.15) is 0 Å². The summed E-state index contributed by atoms with van der Waals surface area (Å²) in [5.41, 5.74) is 0. The lowest BCUT2D eigenvalue weighted by Gasteiger charge is -2.38. The largest absolute Gasteiger partial charge is 0.393 e. The lowest BCUT2D eigenvalue weighted by Crippen LogP contribution is -2.49. The number of amides is 1. The fraction of sp³-hybridized carbons (Fsp3) is 0.938. The lowest BCUT2D eigenvalue weighted by molar-refractivity contribution is -0.149. The van der Waals surface area contributed by atoms with Crippen LogP contribution in [-0.4, -0.2) is 47.3 Å². The molecule has 0 aromatic rings. The molecule has 20 heavy (non-hydrogen) atoms. The summed E-state index contributed by atoms with van der Waals surface area (Å²) in [5, 5.41) is 10.3. The van der Waals surface area contributed by atoms with Crippen molar-refractivity contribution in [3.8, 4) is 0 Å². The van der Waals surface area contributed by atoms with Crippen LogP contribution >= 0.6 is 0 Å². The number of aliphatic hydroxyl groups excluding tert-OH is 1. The number of likely N-dealkylation sites (tertiary alicyclic amines) is 1. The molecule has 0 aromatic heterocycles. The summed E-state index contributed by atoms with van der Waals surface area (Å²) in [6.07, 6.45) is 9.05. The molecule has 0 bridgehead atoms. The van der Waals surface area contributed by atoms with Crippen molar-refractivity contribution in [2.24, 2.45) is 5.92 Å². The molecule has 1 N–H and O–H groups in total. The van der Waals surface area contributed by atoms with E-state index in [4.69, 9.17) is 4.74 Å². The molecule has 4 atom stereocenters. The molecule has 4 unspecified atom stereocenters. The Hall–Kier alpha value is -0.610. The summed E-state index contributed by atoms with van der Waals surface area (Å²) in [6.45, 7) is 1.58. The van der Waals surface area contributed by atoms with Crippen LogP contribution in [0.15, 0.2) is 0 Å². The summed E-state index contributed by atoms with van der Waals surface area (Å²) in [5.74, 6) is 0.476. The highest BCUT2D eigenvalue weighted by atomic mass is 16.5. The maximum Gasteiger partial charge on any atom is 0.251 e. The van der Waals surface area contributed by atoms with Crippen LogP contribution in [0.4, 0.5) is 0 Å². The smallest absolute Gasteiger partial charge is 0.251 e. The van der Waals surface area contributed by atoms with E-state index in [9.17, 15) is 9.90 Å². The number of ether oxygens (including phenoxy) is 1. The number of aliphatic hydroxyl groups is 1. The molecule has 0 aromatic carbocycles. The van der Waals surface area contributed by atoms with E-state index >= 15 is 0 Å². The van der Waals surface area contributed by atoms with Crippen LogP contribution in [0.25, 0.3) is 0 Å². The molecule has 2 heterocycles. The molecule has 3 aliphatic rings. The van der Waals surface area contributed by atoms with Gasteiger partial charge in [0.15, 0.2) is 0 Å². The van der Waals surface area contributed by atoms with E-state index < -0.39 is 0 Å². The van der Waals surface area contributed by atoms with E-state index in [-0.39, 0.29) is 24.2 Å². The Bertz CT molecular complexity index is 341. The van der Waals surface area contributed by atoms with Crippen molar-refractivity contribution in [2.45, 2.75) is 76.0 Å². The Balaban J connectivity index is 1.66. The third kappa shape index (κ3) is 2.86. The van der Waals surface area contributed by atoms with Crippen molar-refractivity contribution in [3.05, 3.63) is 0 Å². The van der Waals surface area contributed by atoms with Gasteiger partial charge in [0.1, 0.15) is 6.10 Å². The number of nitrogens with zero attached hydrogens (tertiary/aromatic N) is 1. The Labute approximate surface area is 121 Å². The maximum absolute atomic E-state index is 12.7. The van der Waals surface area contributed by atoms with Crippen LogP contribution in [0.5, 0.6) is 0 Å². The van der Waals surface area contributed by atoms with E-state index in [1.165, 1.54) is 6.42 Å². The van der Waals surface area contributed by atoms with E-state index in [0.717, 1.165) is 64.5 Å². The normalized spacial score (nSPS) is 39.0. The molecule has 2 saturated heterocycles. The SMILES string of the molecule is O=C(C1CCCCO1)N1CCCC1C1CCCCC1O. The van der Waals surface area contributed by atoms with Crippen molar-refractivity contribution in [3.63, 3.8) is 0 Å². The fourth-order valence-corrected chi connectivity index (χ4v) is 4.22. The molecule has 0 radical (unpaired) electrons. The minimum atomic E-state index is -0.218. The first-order valence-electron chi connectivity index (χ1n) is 8.37. The molecule has 4 nitrogen and oxygen atoms in total. The van der Waals surface area contributed by atoms with Crippen LogP contribution in [0.1, 0.15) is 57.8 Å². The molecule has 114 valence electrons. The van der Waals surface area contributed by atoms with Gasteiger partial charge in [-0.25, -0.2) is 0 Å². The van der Waals surface area contributed by atoms with Crippen LogP contribution in [0.3, 0.4) is 0 Å². The summed E-state index contributed by atoms with van der Waals surface area (Å²) in [7, 11) is 0. The first-order valence-corrected chi connectivity index (χ1v) is 8.37. The minimum Gasteiger partial charge on any atom is -0.393 e. The molecule has 4 heteroatoms. The van der Waals surface area contributed by atoms with Gasteiger partial charge in [0.25, 0.3) is 5.91 Å². The van der Waals surface area contributed by atoms with Crippen molar-refractivity contribution >= 4 is 5.91 Å². The minimum absolute atomic E-state index is 0.185. The Morgan fingerprint density at radius 2 is 1.80 bits per heavy atom. The lowest BCUT2D eigenvalue weighted by atomic mass is 9.80. The van der Waals surface area contributed by atoms with Gasteiger partial charge in [-0.05, 0) is 44.9 Å². The average Bonchev–Trinajstić information content (AvgIpc) is 2.97. The standard InChI is InChI=1S/C16H27NO3/c18-14-8-2-1-6-12(14)13-7-5-10-17(13)16(19)15-9-3-4-11-20-15/h12-15,18H,1-11H2. The highest BCUT2D eigenvalue weighted by Gasteiger charge is 2.41. The quantitative estimate of drug-likeness (QED) is 0.843. The molecule has 2 aliphatic heterocycles. The highest BCUT2D eigenvalue weighted by Crippen LogP contribution is 2.35. The topological polar surface area (TPSA) is 49.8 Å². The summed E-state index contributed by atoms with van der Waals surface area (Å²) in [4.78, 5) is 14.7. The van der Waals surface area contributed by atoms with Crippen LogP contribution in [-0.2, 0) is 9.53 Å². The molecule has 1 amide bonds. The first kappa shape index (κ1) is 14.3. The summed E-state index contributed by atoms with van der Waals surface area (Å²) >= 11 is 0. The van der Waals surface area contributed by atoms with Crippen LogP contribution in [0, 0.1) is 5.92 Å². The highest BCUT2D eigenvalue weighted by molar-refractivity contribution is 5.81. The van der Waals surface area contributed by atoms with E-state index in [2.05, 4.69) is 0 Å². The third-order valence-electron chi connectivity index (χ3n) is 5.31. The second kappa shape index (κ2) is 6.44. The fourth-order valence-electron chi connectivity index (χ4n) is 4.22. The van der Waals surface area contributed by atoms with Crippen LogP contribution in [0.2, 0.25) is 0 Å². The average molecular weight is 281 g/mol. The van der Waals surface area contributed by atoms with Crippen LogP contribution < -0.4 is 0 Å². The molecule has 1 aliphatic carbocycles. The summed E-state index contributed by atoms with van der Waals surface area (Å²) < 4.78 is 5.66. The second-order valence-corrected chi connectivity index (χ2v) is 6.61. The maximum atomic E-state index is 12.7. The number of rotatable bonds is 2. The summed E-state index contributed by atoms with van der Waals surface area (Å²) in [6, 6.07) is 0.253. The predicted molar refractivity (Wildman–Crippen MR) is 76.3 cm³/mol. The molecule has 3 fully saturated rings. The van der Waals surface area contributed by atoms with Gasteiger partial charge in [-0.1, -0.05) is 12.8 Å². The van der Waals surface area contributed by atoms with E-state index in [0.29, 0.717) is 5.92 Å². The zero-order valence-corrected chi connectivity index (χ0v) is 12.3. The third-order valence-corrected chi connectivity index (χ3v) is 5.31. The molecular formula is C16H27NO3. The van der Waals surface area contributed by atoms with Crippen molar-refractivity contribution in [1.29, 1.82) is 0 Å². The Morgan fingerprint density at radius 1 is 1.00 bits per heavy atom. The van der Waals surface area contributed by atoms with Crippen molar-refractivity contribution in [1.82, 2.24) is 4.90 Å². The van der Waals surface area contributed by atoms with E-state index in [1.807, 2.05) is 4.90 Å². The molecule has 0 spiro atoms. The van der Waals surface area contributed by atoms with Crippen molar-refractivity contribution < 1.29 is 14.6 Å². The molecule has 1 saturated carbocycles. The predicted octanol–water partition coefficient (Wildman–Crippen LogP) is 2.10. The van der Waals surface area contributed by atoms with Gasteiger partial charge in [-0.3, -0.25) is 4.79 Å². The van der Waals surface area contributed by atoms with E-state index in [1.54, 1.807) is 0 Å². The zero-order valence-electron chi connectivity index (χ0n) is 12.3. The van der Waals surface area contributed by atoms with Gasteiger partial charge in [0.2, 0.25) is 0 Å². The monoisotopic (exact) mass is 281 g/mol. The number of carbonyl (C=O) groups excluding carboxylic acids is 1. The molecule has 3 rings (SSSR count). The van der Waals surface area contributed by atoms with Gasteiger partial charge < -0.3 is 14.7 Å². The number of carbonyl (C=O) groups is 1. The second-order valence-electron chi connectivity index (χ2n) is 6.61. The molecular weight excluding hydrogens is 254 g/mol. The van der Waals surface area contributed by atoms with Gasteiger partial charge in [0.05, 0.1) is 6.10 Å². The Morgan fingerprint density at radius 3 is 2.55 bits per heavy atom. The zero-order chi connectivity index (χ0) is 13.9. The number of hydrogen-bond donors (Lipinski definition) is 1. The Kier molecular flexibility index (Phi) is 4.61. The van der Waals surface area contributed by atoms with Gasteiger partial charge in [-0.15, -0.1) is 0 Å². The van der Waals surface area contributed by atoms with Gasteiger partial charge >= 0.3 is 0 Å².